The van der Waals surface area contributed by atoms with Crippen LogP contribution in [-0.2, 0) is 24.1 Å². The quantitative estimate of drug-likeness (QED) is 0.748. The average molecular weight is 363 g/mol. The van der Waals surface area contributed by atoms with Gasteiger partial charge in [-0.15, -0.1) is 0 Å². The number of imidazole rings is 1. The van der Waals surface area contributed by atoms with E-state index < -0.39 is 0 Å². The zero-order valence-corrected chi connectivity index (χ0v) is 15.7. The molecule has 140 valence electrons. The molecule has 1 aliphatic heterocycles. The van der Waals surface area contributed by atoms with Crippen LogP contribution in [0.25, 0.3) is 21.9 Å². The Kier molecular flexibility index (Phi) is 4.95. The first-order valence-electron chi connectivity index (χ1n) is 9.73. The van der Waals surface area contributed by atoms with Crippen LogP contribution in [0.3, 0.4) is 0 Å². The fourth-order valence-corrected chi connectivity index (χ4v) is 4.01. The van der Waals surface area contributed by atoms with E-state index in [9.17, 15) is 0 Å². The Morgan fingerprint density at radius 1 is 1.30 bits per heavy atom. The number of nitrogens with zero attached hydrogens (tertiary/aromatic N) is 4. The topological polar surface area (TPSA) is 89.8 Å². The van der Waals surface area contributed by atoms with Gasteiger partial charge < -0.3 is 15.0 Å². The second-order valence-electron chi connectivity index (χ2n) is 7.25. The van der Waals surface area contributed by atoms with Gasteiger partial charge in [-0.25, -0.2) is 9.97 Å². The van der Waals surface area contributed by atoms with Crippen molar-refractivity contribution in [1.29, 1.82) is 5.26 Å². The Morgan fingerprint density at radius 2 is 2.11 bits per heavy atom. The number of hydrogen-bond acceptors (Lipinski definition) is 5. The van der Waals surface area contributed by atoms with Crippen LogP contribution in [0.1, 0.15) is 37.6 Å². The van der Waals surface area contributed by atoms with Gasteiger partial charge in [0.1, 0.15) is 11.3 Å². The molecule has 0 radical (unpaired) electrons. The largest absolute Gasteiger partial charge is 0.382 e. The fourth-order valence-electron chi connectivity index (χ4n) is 4.01. The third-order valence-electron chi connectivity index (χ3n) is 5.47. The predicted octanol–water partition coefficient (Wildman–Crippen LogP) is 3.61. The molecule has 1 aliphatic rings. The molecule has 4 rings (SSSR count). The van der Waals surface area contributed by atoms with Gasteiger partial charge in [-0.1, -0.05) is 19.1 Å². The van der Waals surface area contributed by atoms with Gasteiger partial charge in [0.25, 0.3) is 0 Å². The summed E-state index contributed by atoms with van der Waals surface area (Å²) in [4.78, 5) is 9.43. The Labute approximate surface area is 159 Å². The molecule has 0 spiro atoms. The molecule has 0 amide bonds. The lowest BCUT2D eigenvalue weighted by Crippen LogP contribution is -2.21. The SMILES string of the molecule is CCc1nc2c(N)nc3cc(CCC#N)ccc3c2n1CC1CCOCC1. The normalized spacial score (nSPS) is 15.4. The van der Waals surface area contributed by atoms with Crippen molar-refractivity contribution in [2.75, 3.05) is 18.9 Å². The molecule has 1 aromatic carbocycles. The number of hydrogen-bond donors (Lipinski definition) is 1. The summed E-state index contributed by atoms with van der Waals surface area (Å²) in [6.07, 6.45) is 4.26. The first-order valence-corrected chi connectivity index (χ1v) is 9.73. The van der Waals surface area contributed by atoms with Gasteiger partial charge in [0.05, 0.1) is 17.1 Å². The summed E-state index contributed by atoms with van der Waals surface area (Å²) < 4.78 is 7.87. The van der Waals surface area contributed by atoms with Gasteiger partial charge in [-0.2, -0.15) is 5.26 Å². The second-order valence-corrected chi connectivity index (χ2v) is 7.25. The smallest absolute Gasteiger partial charge is 0.152 e. The maximum atomic E-state index is 8.84. The van der Waals surface area contributed by atoms with Crippen LogP contribution < -0.4 is 5.73 Å². The monoisotopic (exact) mass is 363 g/mol. The molecule has 0 saturated carbocycles. The third-order valence-corrected chi connectivity index (χ3v) is 5.47. The van der Waals surface area contributed by atoms with Crippen molar-refractivity contribution in [3.63, 3.8) is 0 Å². The number of ether oxygens (including phenoxy) is 1. The van der Waals surface area contributed by atoms with Crippen molar-refractivity contribution in [1.82, 2.24) is 14.5 Å². The van der Waals surface area contributed by atoms with Crippen LogP contribution >= 0.6 is 0 Å². The minimum atomic E-state index is 0.482. The summed E-state index contributed by atoms with van der Waals surface area (Å²) >= 11 is 0. The lowest BCUT2D eigenvalue weighted by atomic mass is 10.00. The van der Waals surface area contributed by atoms with E-state index >= 15 is 0 Å². The highest BCUT2D eigenvalue weighted by molar-refractivity contribution is 6.06. The van der Waals surface area contributed by atoms with E-state index in [0.29, 0.717) is 18.2 Å². The summed E-state index contributed by atoms with van der Waals surface area (Å²) in [5, 5.41) is 9.92. The molecule has 1 fully saturated rings. The Bertz CT molecular complexity index is 1010. The van der Waals surface area contributed by atoms with E-state index in [0.717, 1.165) is 78.8 Å². The summed E-state index contributed by atoms with van der Waals surface area (Å²) in [6, 6.07) is 8.46. The molecule has 1 saturated heterocycles. The molecule has 6 heteroatoms. The van der Waals surface area contributed by atoms with Crippen molar-refractivity contribution >= 4 is 27.8 Å². The van der Waals surface area contributed by atoms with Crippen molar-refractivity contribution in [3.05, 3.63) is 29.6 Å². The van der Waals surface area contributed by atoms with E-state index in [1.807, 2.05) is 0 Å². The third kappa shape index (κ3) is 3.35. The van der Waals surface area contributed by atoms with Crippen molar-refractivity contribution in [3.8, 4) is 6.07 Å². The lowest BCUT2D eigenvalue weighted by Gasteiger charge is -2.23. The molecule has 6 nitrogen and oxygen atoms in total. The van der Waals surface area contributed by atoms with Crippen LogP contribution in [0.4, 0.5) is 5.82 Å². The Hall–Kier alpha value is -2.65. The first kappa shape index (κ1) is 17.7. The molecule has 0 unspecified atom stereocenters. The van der Waals surface area contributed by atoms with Crippen LogP contribution in [-0.4, -0.2) is 27.7 Å². The first-order chi connectivity index (χ1) is 13.2. The summed E-state index contributed by atoms with van der Waals surface area (Å²) in [6.45, 7) is 4.75. The number of rotatable bonds is 5. The summed E-state index contributed by atoms with van der Waals surface area (Å²) in [5.74, 6) is 2.14. The van der Waals surface area contributed by atoms with E-state index in [-0.39, 0.29) is 0 Å². The average Bonchev–Trinajstić information content (AvgIpc) is 3.06. The lowest BCUT2D eigenvalue weighted by molar-refractivity contribution is 0.0614. The number of nitrogen functional groups attached to an aromatic ring is 1. The summed E-state index contributed by atoms with van der Waals surface area (Å²) in [5.41, 5.74) is 10.2. The van der Waals surface area contributed by atoms with E-state index in [1.165, 1.54) is 0 Å². The van der Waals surface area contributed by atoms with E-state index in [4.69, 9.17) is 20.7 Å². The van der Waals surface area contributed by atoms with E-state index in [1.54, 1.807) is 0 Å². The van der Waals surface area contributed by atoms with Crippen LogP contribution in [0.15, 0.2) is 18.2 Å². The Morgan fingerprint density at radius 3 is 2.85 bits per heavy atom. The number of benzene rings is 1. The molecule has 3 heterocycles. The number of pyridine rings is 1. The molecule has 0 bridgehead atoms. The zero-order valence-electron chi connectivity index (χ0n) is 15.7. The predicted molar refractivity (Wildman–Crippen MR) is 106 cm³/mol. The minimum Gasteiger partial charge on any atom is -0.382 e. The number of aromatic nitrogens is 3. The van der Waals surface area contributed by atoms with Gasteiger partial charge in [-0.05, 0) is 36.8 Å². The van der Waals surface area contributed by atoms with Gasteiger partial charge in [0.15, 0.2) is 5.82 Å². The molecule has 3 aromatic rings. The Balaban J connectivity index is 1.85. The van der Waals surface area contributed by atoms with Gasteiger partial charge >= 0.3 is 0 Å². The zero-order chi connectivity index (χ0) is 18.8. The van der Waals surface area contributed by atoms with Crippen molar-refractivity contribution in [2.45, 2.75) is 45.6 Å². The van der Waals surface area contributed by atoms with Gasteiger partial charge in [-0.3, -0.25) is 0 Å². The molecular weight excluding hydrogens is 338 g/mol. The minimum absolute atomic E-state index is 0.482. The maximum absolute atomic E-state index is 8.84. The number of anilines is 1. The summed E-state index contributed by atoms with van der Waals surface area (Å²) in [7, 11) is 0. The van der Waals surface area contributed by atoms with Gasteiger partial charge in [0, 0.05) is 38.0 Å². The molecule has 0 aliphatic carbocycles. The van der Waals surface area contributed by atoms with Crippen LogP contribution in [0, 0.1) is 17.2 Å². The van der Waals surface area contributed by atoms with Crippen LogP contribution in [0.2, 0.25) is 0 Å². The van der Waals surface area contributed by atoms with E-state index in [2.05, 4.69) is 40.7 Å². The molecule has 0 atom stereocenters. The number of nitrogens with two attached hydrogens (primary N) is 1. The molecular formula is C21H25N5O. The standard InChI is InChI=1S/C21H25N5O/c1-2-18-25-19-20(26(18)13-15-7-10-27-11-8-15)16-6-5-14(4-3-9-22)12-17(16)24-21(19)23/h5-6,12,15H,2-4,7-8,10-11,13H2,1H3,(H2,23,24). The number of nitriles is 1. The highest BCUT2D eigenvalue weighted by Gasteiger charge is 2.21. The fraction of sp³-hybridized carbons (Fsp3) is 0.476. The maximum Gasteiger partial charge on any atom is 0.152 e. The second kappa shape index (κ2) is 7.53. The van der Waals surface area contributed by atoms with Gasteiger partial charge in [0.2, 0.25) is 0 Å². The van der Waals surface area contributed by atoms with Crippen molar-refractivity contribution < 1.29 is 4.74 Å². The van der Waals surface area contributed by atoms with Crippen LogP contribution in [0.5, 0.6) is 0 Å². The highest BCUT2D eigenvalue weighted by Crippen LogP contribution is 2.31. The van der Waals surface area contributed by atoms with Crippen molar-refractivity contribution in [2.24, 2.45) is 5.92 Å². The molecule has 27 heavy (non-hydrogen) atoms. The number of fused-ring (bicyclic) bond motifs is 3. The molecule has 2 aromatic heterocycles. The number of aryl methyl sites for hydroxylation is 2. The highest BCUT2D eigenvalue weighted by atomic mass is 16.5. The molecule has 2 N–H and O–H groups in total.